The largest absolute Gasteiger partial charge is 0.281 e. The summed E-state index contributed by atoms with van der Waals surface area (Å²) in [6.45, 7) is 1.93. The second-order valence-corrected chi connectivity index (χ2v) is 4.51. The maximum Gasteiger partial charge on any atom is 0.235 e. The zero-order chi connectivity index (χ0) is 12.2. The van der Waals surface area contributed by atoms with Crippen molar-refractivity contribution in [3.8, 4) is 0 Å². The normalized spacial score (nSPS) is 11.9. The predicted octanol–water partition coefficient (Wildman–Crippen LogP) is 3.60. The van der Waals surface area contributed by atoms with Gasteiger partial charge in [-0.05, 0) is 31.4 Å². The molecule has 0 fully saturated rings. The smallest absolute Gasteiger partial charge is 0.235 e. The molecule has 0 amide bonds. The molecule has 0 radical (unpaired) electrons. The SMILES string of the molecule is CC(CCCCCCCCC(=O)Cl)N=C=O. The summed E-state index contributed by atoms with van der Waals surface area (Å²) in [5.74, 6) is 0. The topological polar surface area (TPSA) is 46.5 Å². The van der Waals surface area contributed by atoms with E-state index in [0.717, 1.165) is 38.5 Å². The highest BCUT2D eigenvalue weighted by Gasteiger charge is 1.99. The number of carbonyl (C=O) groups is 1. The summed E-state index contributed by atoms with van der Waals surface area (Å²) in [5, 5.41) is -0.236. The molecule has 0 spiro atoms. The molecule has 16 heavy (non-hydrogen) atoms. The molecular weight excluding hydrogens is 226 g/mol. The van der Waals surface area contributed by atoms with E-state index in [2.05, 4.69) is 4.99 Å². The fourth-order valence-electron chi connectivity index (χ4n) is 1.57. The molecule has 0 heterocycles. The third-order valence-electron chi connectivity index (χ3n) is 2.52. The van der Waals surface area contributed by atoms with Crippen LogP contribution in [0.2, 0.25) is 0 Å². The van der Waals surface area contributed by atoms with Crippen molar-refractivity contribution >= 4 is 22.9 Å². The van der Waals surface area contributed by atoms with Gasteiger partial charge in [-0.25, -0.2) is 9.79 Å². The Hall–Kier alpha value is -0.660. The van der Waals surface area contributed by atoms with E-state index in [-0.39, 0.29) is 11.3 Å². The van der Waals surface area contributed by atoms with Crippen molar-refractivity contribution in [2.45, 2.75) is 64.3 Å². The third-order valence-corrected chi connectivity index (χ3v) is 2.71. The average molecular weight is 246 g/mol. The van der Waals surface area contributed by atoms with Crippen LogP contribution >= 0.6 is 11.6 Å². The lowest BCUT2D eigenvalue weighted by molar-refractivity contribution is -0.111. The van der Waals surface area contributed by atoms with Crippen LogP contribution in [0.5, 0.6) is 0 Å². The standard InChI is InChI=1S/C12H20ClNO2/c1-11(14-10-15)8-6-4-2-3-5-7-9-12(13)16/h11H,2-9H2,1H3. The van der Waals surface area contributed by atoms with Gasteiger partial charge in [0.25, 0.3) is 0 Å². The lowest BCUT2D eigenvalue weighted by atomic mass is 10.1. The van der Waals surface area contributed by atoms with Crippen LogP contribution in [0.15, 0.2) is 4.99 Å². The van der Waals surface area contributed by atoms with Crippen LogP contribution in [0, 0.1) is 0 Å². The molecule has 92 valence electrons. The van der Waals surface area contributed by atoms with Crippen LogP contribution in [0.1, 0.15) is 58.3 Å². The summed E-state index contributed by atoms with van der Waals surface area (Å²) in [5.41, 5.74) is 0. The number of unbranched alkanes of at least 4 members (excludes halogenated alkanes) is 5. The number of rotatable bonds is 10. The Labute approximate surface area is 102 Å². The number of nitrogens with zero attached hydrogens (tertiary/aromatic N) is 1. The highest BCUT2D eigenvalue weighted by molar-refractivity contribution is 6.63. The first-order chi connectivity index (χ1) is 7.66. The van der Waals surface area contributed by atoms with Crippen LogP contribution < -0.4 is 0 Å². The van der Waals surface area contributed by atoms with Gasteiger partial charge in [-0.15, -0.1) is 0 Å². The Bertz CT molecular complexity index is 237. The molecular formula is C12H20ClNO2. The van der Waals surface area contributed by atoms with Crippen LogP contribution in [-0.2, 0) is 9.59 Å². The Kier molecular flexibility index (Phi) is 10.4. The fraction of sp³-hybridized carbons (Fsp3) is 0.833. The highest BCUT2D eigenvalue weighted by Crippen LogP contribution is 2.11. The molecule has 0 bridgehead atoms. The number of carbonyl (C=O) groups excluding carboxylic acids is 2. The van der Waals surface area contributed by atoms with Crippen molar-refractivity contribution in [1.29, 1.82) is 0 Å². The van der Waals surface area contributed by atoms with E-state index in [0.29, 0.717) is 6.42 Å². The average Bonchev–Trinajstić information content (AvgIpc) is 2.22. The van der Waals surface area contributed by atoms with E-state index < -0.39 is 0 Å². The minimum absolute atomic E-state index is 0.103. The van der Waals surface area contributed by atoms with Crippen molar-refractivity contribution in [2.75, 3.05) is 0 Å². The Balaban J connectivity index is 3.15. The molecule has 4 heteroatoms. The summed E-state index contributed by atoms with van der Waals surface area (Å²) in [4.78, 5) is 24.0. The van der Waals surface area contributed by atoms with Crippen LogP contribution in [0.25, 0.3) is 0 Å². The number of hydrogen-bond acceptors (Lipinski definition) is 3. The Morgan fingerprint density at radius 3 is 2.31 bits per heavy atom. The molecule has 0 saturated carbocycles. The van der Waals surface area contributed by atoms with Gasteiger partial charge in [0.05, 0.1) is 6.04 Å². The van der Waals surface area contributed by atoms with Gasteiger partial charge >= 0.3 is 0 Å². The zero-order valence-corrected chi connectivity index (χ0v) is 10.6. The molecule has 3 nitrogen and oxygen atoms in total. The van der Waals surface area contributed by atoms with Crippen molar-refractivity contribution in [3.63, 3.8) is 0 Å². The van der Waals surface area contributed by atoms with Crippen molar-refractivity contribution < 1.29 is 9.59 Å². The molecule has 0 aliphatic rings. The van der Waals surface area contributed by atoms with Gasteiger partial charge in [-0.1, -0.05) is 32.1 Å². The van der Waals surface area contributed by atoms with E-state index in [4.69, 9.17) is 11.6 Å². The third kappa shape index (κ3) is 11.4. The van der Waals surface area contributed by atoms with E-state index in [1.165, 1.54) is 6.42 Å². The van der Waals surface area contributed by atoms with Crippen LogP contribution in [0.3, 0.4) is 0 Å². The molecule has 0 aromatic rings. The fourth-order valence-corrected chi connectivity index (χ4v) is 1.70. The van der Waals surface area contributed by atoms with Gasteiger partial charge in [-0.2, -0.15) is 0 Å². The quantitative estimate of drug-likeness (QED) is 0.256. The van der Waals surface area contributed by atoms with Crippen molar-refractivity contribution in [2.24, 2.45) is 4.99 Å². The first-order valence-electron chi connectivity index (χ1n) is 5.92. The summed E-state index contributed by atoms with van der Waals surface area (Å²) in [6, 6.07) is 0.103. The Morgan fingerprint density at radius 2 is 1.75 bits per heavy atom. The monoisotopic (exact) mass is 245 g/mol. The maximum atomic E-state index is 10.4. The summed E-state index contributed by atoms with van der Waals surface area (Å²) < 4.78 is 0. The van der Waals surface area contributed by atoms with E-state index in [1.807, 2.05) is 6.92 Å². The van der Waals surface area contributed by atoms with Gasteiger partial charge in [0, 0.05) is 6.42 Å². The molecule has 0 rings (SSSR count). The number of halogens is 1. The minimum atomic E-state index is -0.236. The van der Waals surface area contributed by atoms with Crippen LogP contribution in [-0.4, -0.2) is 17.4 Å². The summed E-state index contributed by atoms with van der Waals surface area (Å²) in [6.07, 6.45) is 9.57. The summed E-state index contributed by atoms with van der Waals surface area (Å²) in [7, 11) is 0. The van der Waals surface area contributed by atoms with Crippen molar-refractivity contribution in [3.05, 3.63) is 0 Å². The van der Waals surface area contributed by atoms with Gasteiger partial charge in [0.2, 0.25) is 11.3 Å². The summed E-state index contributed by atoms with van der Waals surface area (Å²) >= 11 is 5.22. The van der Waals surface area contributed by atoms with Gasteiger partial charge in [0.15, 0.2) is 0 Å². The molecule has 0 N–H and O–H groups in total. The van der Waals surface area contributed by atoms with Crippen LogP contribution in [0.4, 0.5) is 0 Å². The predicted molar refractivity (Wildman–Crippen MR) is 65.4 cm³/mol. The van der Waals surface area contributed by atoms with Gasteiger partial charge < -0.3 is 0 Å². The molecule has 1 unspecified atom stereocenters. The van der Waals surface area contributed by atoms with E-state index in [9.17, 15) is 9.59 Å². The van der Waals surface area contributed by atoms with Gasteiger partial charge in [0.1, 0.15) is 0 Å². The second kappa shape index (κ2) is 10.8. The molecule has 1 atom stereocenters. The number of aliphatic imine (C=N–C) groups is 1. The van der Waals surface area contributed by atoms with Crippen molar-refractivity contribution in [1.82, 2.24) is 0 Å². The highest BCUT2D eigenvalue weighted by atomic mass is 35.5. The Morgan fingerprint density at radius 1 is 1.19 bits per heavy atom. The lowest BCUT2D eigenvalue weighted by Crippen LogP contribution is -1.96. The zero-order valence-electron chi connectivity index (χ0n) is 9.88. The van der Waals surface area contributed by atoms with Gasteiger partial charge in [-0.3, -0.25) is 4.79 Å². The molecule has 0 saturated heterocycles. The molecule has 0 aliphatic heterocycles. The lowest BCUT2D eigenvalue weighted by Gasteiger charge is -2.03. The second-order valence-electron chi connectivity index (χ2n) is 4.08. The van der Waals surface area contributed by atoms with E-state index in [1.54, 1.807) is 6.08 Å². The minimum Gasteiger partial charge on any atom is -0.281 e. The maximum absolute atomic E-state index is 10.4. The molecule has 0 aromatic heterocycles. The first kappa shape index (κ1) is 15.3. The number of isocyanates is 1. The number of hydrogen-bond donors (Lipinski definition) is 0. The molecule has 0 aliphatic carbocycles. The van der Waals surface area contributed by atoms with E-state index >= 15 is 0 Å². The first-order valence-corrected chi connectivity index (χ1v) is 6.30. The molecule has 0 aromatic carbocycles.